The average molecular weight is 309 g/mol. The van der Waals surface area contributed by atoms with E-state index in [1.54, 1.807) is 31.2 Å². The van der Waals surface area contributed by atoms with Gasteiger partial charge in [0, 0.05) is 6.54 Å². The largest absolute Gasteiger partial charge is 0.392 e. The van der Waals surface area contributed by atoms with Crippen LogP contribution in [0.4, 0.5) is 4.39 Å². The Morgan fingerprint density at radius 3 is 2.33 bits per heavy atom. The first-order valence-corrected chi connectivity index (χ1v) is 7.85. The Morgan fingerprint density at radius 2 is 1.71 bits per heavy atom. The van der Waals surface area contributed by atoms with E-state index >= 15 is 0 Å². The molecule has 0 radical (unpaired) electrons. The molecule has 0 amide bonds. The van der Waals surface area contributed by atoms with E-state index in [1.807, 2.05) is 0 Å². The Balaban J connectivity index is 2.15. The van der Waals surface area contributed by atoms with Crippen molar-refractivity contribution in [1.29, 1.82) is 0 Å². The van der Waals surface area contributed by atoms with Crippen molar-refractivity contribution in [2.75, 3.05) is 0 Å². The lowest BCUT2D eigenvalue weighted by Crippen LogP contribution is -2.24. The first-order chi connectivity index (χ1) is 9.92. The summed E-state index contributed by atoms with van der Waals surface area (Å²) in [4.78, 5) is -0.352. The molecule has 2 aromatic carbocycles. The Morgan fingerprint density at radius 1 is 1.10 bits per heavy atom. The summed E-state index contributed by atoms with van der Waals surface area (Å²) < 4.78 is 40.2. The quantitative estimate of drug-likeness (QED) is 0.889. The first kappa shape index (κ1) is 15.6. The number of sulfonamides is 1. The fraction of sp³-hybridized carbons (Fsp3) is 0.200. The normalized spacial score (nSPS) is 11.6. The molecular weight excluding hydrogens is 293 g/mol. The summed E-state index contributed by atoms with van der Waals surface area (Å²) in [5, 5.41) is 8.94. The maximum Gasteiger partial charge on any atom is 0.243 e. The van der Waals surface area contributed by atoms with Crippen molar-refractivity contribution in [3.05, 3.63) is 65.0 Å². The number of nitrogens with one attached hydrogen (secondary N) is 1. The standard InChI is InChI=1S/C15H16FNO3S/c1-11-2-7-14(16)15(8-11)21(19,20)17-9-12-3-5-13(10-18)6-4-12/h2-8,17-18H,9-10H2,1H3. The van der Waals surface area contributed by atoms with Crippen LogP contribution >= 0.6 is 0 Å². The minimum Gasteiger partial charge on any atom is -0.392 e. The zero-order valence-corrected chi connectivity index (χ0v) is 12.3. The van der Waals surface area contributed by atoms with Gasteiger partial charge in [-0.2, -0.15) is 0 Å². The summed E-state index contributed by atoms with van der Waals surface area (Å²) in [7, 11) is -3.90. The third kappa shape index (κ3) is 3.87. The number of aliphatic hydroxyl groups excluding tert-OH is 1. The molecule has 0 aromatic heterocycles. The average Bonchev–Trinajstić information content (AvgIpc) is 2.48. The van der Waals surface area contributed by atoms with Crippen LogP contribution in [0, 0.1) is 12.7 Å². The molecule has 0 bridgehead atoms. The highest BCUT2D eigenvalue weighted by Gasteiger charge is 2.18. The molecule has 0 unspecified atom stereocenters. The predicted octanol–water partition coefficient (Wildman–Crippen LogP) is 2.10. The number of hydrogen-bond donors (Lipinski definition) is 2. The molecule has 0 fully saturated rings. The molecule has 0 aliphatic carbocycles. The Labute approximate surface area is 123 Å². The van der Waals surface area contributed by atoms with Crippen molar-refractivity contribution in [2.45, 2.75) is 25.0 Å². The first-order valence-electron chi connectivity index (χ1n) is 6.37. The van der Waals surface area contributed by atoms with Crippen LogP contribution < -0.4 is 4.72 Å². The second-order valence-corrected chi connectivity index (χ2v) is 6.47. The molecule has 112 valence electrons. The van der Waals surface area contributed by atoms with Gasteiger partial charge in [0.25, 0.3) is 0 Å². The van der Waals surface area contributed by atoms with E-state index in [4.69, 9.17) is 5.11 Å². The van der Waals surface area contributed by atoms with Gasteiger partial charge in [-0.05, 0) is 35.7 Å². The van der Waals surface area contributed by atoms with Crippen molar-refractivity contribution < 1.29 is 17.9 Å². The number of benzene rings is 2. The summed E-state index contributed by atoms with van der Waals surface area (Å²) in [6.07, 6.45) is 0. The number of hydrogen-bond acceptors (Lipinski definition) is 3. The van der Waals surface area contributed by atoms with E-state index in [0.717, 1.165) is 17.2 Å². The van der Waals surface area contributed by atoms with Gasteiger partial charge in [-0.1, -0.05) is 30.3 Å². The molecule has 0 saturated carbocycles. The van der Waals surface area contributed by atoms with Gasteiger partial charge in [0.2, 0.25) is 10.0 Å². The lowest BCUT2D eigenvalue weighted by molar-refractivity contribution is 0.282. The maximum absolute atomic E-state index is 13.6. The van der Waals surface area contributed by atoms with Crippen LogP contribution in [-0.2, 0) is 23.2 Å². The summed E-state index contributed by atoms with van der Waals surface area (Å²) in [6, 6.07) is 10.8. The zero-order chi connectivity index (χ0) is 15.5. The monoisotopic (exact) mass is 309 g/mol. The van der Waals surface area contributed by atoms with Crippen molar-refractivity contribution in [1.82, 2.24) is 4.72 Å². The van der Waals surface area contributed by atoms with Crippen LogP contribution in [0.3, 0.4) is 0 Å². The number of aryl methyl sites for hydroxylation is 1. The van der Waals surface area contributed by atoms with Crippen molar-refractivity contribution in [3.63, 3.8) is 0 Å². The van der Waals surface area contributed by atoms with Gasteiger partial charge in [-0.15, -0.1) is 0 Å². The molecule has 4 nitrogen and oxygen atoms in total. The van der Waals surface area contributed by atoms with Gasteiger partial charge in [-0.25, -0.2) is 17.5 Å². The van der Waals surface area contributed by atoms with E-state index in [2.05, 4.69) is 4.72 Å². The van der Waals surface area contributed by atoms with Crippen LogP contribution in [0.2, 0.25) is 0 Å². The van der Waals surface area contributed by atoms with Gasteiger partial charge in [-0.3, -0.25) is 0 Å². The minimum atomic E-state index is -3.90. The molecule has 0 aliphatic heterocycles. The van der Waals surface area contributed by atoms with Crippen molar-refractivity contribution >= 4 is 10.0 Å². The molecule has 2 aromatic rings. The lowest BCUT2D eigenvalue weighted by atomic mass is 10.1. The molecular formula is C15H16FNO3S. The van der Waals surface area contributed by atoms with Gasteiger partial charge in [0.05, 0.1) is 6.61 Å². The predicted molar refractivity (Wildman–Crippen MR) is 77.5 cm³/mol. The second kappa shape index (κ2) is 6.34. The van der Waals surface area contributed by atoms with Crippen LogP contribution in [0.5, 0.6) is 0 Å². The Kier molecular flexibility index (Phi) is 4.72. The van der Waals surface area contributed by atoms with Gasteiger partial charge in [0.15, 0.2) is 0 Å². The van der Waals surface area contributed by atoms with E-state index in [1.165, 1.54) is 12.1 Å². The Bertz CT molecular complexity index is 727. The fourth-order valence-corrected chi connectivity index (χ4v) is 3.01. The maximum atomic E-state index is 13.6. The molecule has 0 spiro atoms. The van der Waals surface area contributed by atoms with Crippen LogP contribution in [-0.4, -0.2) is 13.5 Å². The molecule has 0 heterocycles. The van der Waals surface area contributed by atoms with Gasteiger partial charge < -0.3 is 5.11 Å². The SMILES string of the molecule is Cc1ccc(F)c(S(=O)(=O)NCc2ccc(CO)cc2)c1. The number of aliphatic hydroxyl groups is 1. The van der Waals surface area contributed by atoms with Crippen LogP contribution in [0.25, 0.3) is 0 Å². The highest BCUT2D eigenvalue weighted by molar-refractivity contribution is 7.89. The van der Waals surface area contributed by atoms with E-state index < -0.39 is 15.8 Å². The second-order valence-electron chi connectivity index (χ2n) is 4.73. The molecule has 0 aliphatic rings. The molecule has 2 rings (SSSR count). The summed E-state index contributed by atoms with van der Waals surface area (Å²) >= 11 is 0. The van der Waals surface area contributed by atoms with Crippen LogP contribution in [0.15, 0.2) is 47.4 Å². The molecule has 2 N–H and O–H groups in total. The summed E-state index contributed by atoms with van der Waals surface area (Å²) in [6.45, 7) is 1.69. The molecule has 0 saturated heterocycles. The van der Waals surface area contributed by atoms with Gasteiger partial charge in [0.1, 0.15) is 10.7 Å². The van der Waals surface area contributed by atoms with Crippen LogP contribution in [0.1, 0.15) is 16.7 Å². The summed E-state index contributed by atoms with van der Waals surface area (Å²) in [5.41, 5.74) is 2.14. The highest BCUT2D eigenvalue weighted by Crippen LogP contribution is 2.16. The number of halogens is 1. The molecule has 0 atom stereocenters. The number of rotatable bonds is 5. The highest BCUT2D eigenvalue weighted by atomic mass is 32.2. The lowest BCUT2D eigenvalue weighted by Gasteiger charge is -2.09. The van der Waals surface area contributed by atoms with Crippen molar-refractivity contribution in [3.8, 4) is 0 Å². The topological polar surface area (TPSA) is 66.4 Å². The zero-order valence-electron chi connectivity index (χ0n) is 11.5. The van der Waals surface area contributed by atoms with E-state index in [-0.39, 0.29) is 18.0 Å². The third-order valence-corrected chi connectivity index (χ3v) is 4.46. The van der Waals surface area contributed by atoms with E-state index in [0.29, 0.717) is 5.56 Å². The van der Waals surface area contributed by atoms with E-state index in [9.17, 15) is 12.8 Å². The van der Waals surface area contributed by atoms with Gasteiger partial charge >= 0.3 is 0 Å². The molecule has 6 heteroatoms. The third-order valence-electron chi connectivity index (χ3n) is 3.05. The van der Waals surface area contributed by atoms with Crippen molar-refractivity contribution in [2.24, 2.45) is 0 Å². The summed E-state index contributed by atoms with van der Waals surface area (Å²) in [5.74, 6) is -0.774. The smallest absolute Gasteiger partial charge is 0.243 e. The minimum absolute atomic E-state index is 0.0570. The molecule has 21 heavy (non-hydrogen) atoms. The fourth-order valence-electron chi connectivity index (χ4n) is 1.84. The Hall–Kier alpha value is -1.76.